The number of hydrogen-bond donors (Lipinski definition) is 0. The summed E-state index contributed by atoms with van der Waals surface area (Å²) < 4.78 is 0. The second kappa shape index (κ2) is 11.0. The fraction of sp³-hybridized carbons (Fsp3) is 0.355. The molecule has 0 radical (unpaired) electrons. The van der Waals surface area contributed by atoms with E-state index in [1.165, 1.54) is 16.7 Å². The van der Waals surface area contributed by atoms with Crippen molar-refractivity contribution in [2.24, 2.45) is 11.0 Å². The largest absolute Gasteiger partial charge is 0.294 e. The molecule has 2 aliphatic rings. The predicted molar refractivity (Wildman–Crippen MR) is 147 cm³/mol. The Morgan fingerprint density at radius 1 is 0.944 bits per heavy atom. The molecule has 2 aliphatic heterocycles. The Hall–Kier alpha value is -2.95. The van der Waals surface area contributed by atoms with Gasteiger partial charge >= 0.3 is 0 Å². The van der Waals surface area contributed by atoms with Crippen LogP contribution in [0.15, 0.2) is 77.9 Å². The molecule has 0 aromatic heterocycles. The summed E-state index contributed by atoms with van der Waals surface area (Å²) in [5.74, 6) is 0.719. The highest BCUT2D eigenvalue weighted by atomic mass is 35.5. The van der Waals surface area contributed by atoms with Gasteiger partial charge < -0.3 is 0 Å². The maximum atomic E-state index is 13.6. The molecule has 1 fully saturated rings. The van der Waals surface area contributed by atoms with Crippen LogP contribution in [0.1, 0.15) is 53.1 Å². The van der Waals surface area contributed by atoms with Crippen LogP contribution in [0.25, 0.3) is 0 Å². The number of amides is 1. The lowest BCUT2D eigenvalue weighted by Crippen LogP contribution is -2.42. The van der Waals surface area contributed by atoms with Gasteiger partial charge in [-0.3, -0.25) is 9.69 Å². The lowest BCUT2D eigenvalue weighted by molar-refractivity contribution is -0.134. The molecule has 5 rings (SSSR count). The van der Waals surface area contributed by atoms with Crippen LogP contribution in [0.4, 0.5) is 0 Å². The second-order valence-corrected chi connectivity index (χ2v) is 10.6. The molecule has 1 saturated heterocycles. The molecule has 0 saturated carbocycles. The van der Waals surface area contributed by atoms with Crippen LogP contribution < -0.4 is 0 Å². The molecule has 186 valence electrons. The SMILES string of the molecule is Cc1ccc(C2=NN(C(=O)CN3CCC(Cc4ccccc4)CC3)C(c3ccccc3Cl)C2)cc1C. The Balaban J connectivity index is 1.29. The first-order valence-electron chi connectivity index (χ1n) is 13.0. The van der Waals surface area contributed by atoms with Crippen LogP contribution in [0.2, 0.25) is 5.02 Å². The van der Waals surface area contributed by atoms with Gasteiger partial charge in [-0.05, 0) is 92.1 Å². The summed E-state index contributed by atoms with van der Waals surface area (Å²) in [7, 11) is 0. The number of carbonyl (C=O) groups excluding carboxylic acids is 1. The molecule has 1 unspecified atom stereocenters. The zero-order valence-electron chi connectivity index (χ0n) is 21.2. The van der Waals surface area contributed by atoms with Crippen LogP contribution in [0.3, 0.4) is 0 Å². The fourth-order valence-corrected chi connectivity index (χ4v) is 5.64. The number of likely N-dealkylation sites (tertiary alicyclic amines) is 1. The Labute approximate surface area is 219 Å². The molecule has 0 N–H and O–H groups in total. The highest BCUT2D eigenvalue weighted by molar-refractivity contribution is 6.31. The van der Waals surface area contributed by atoms with E-state index < -0.39 is 0 Å². The lowest BCUT2D eigenvalue weighted by Gasteiger charge is -2.33. The quantitative estimate of drug-likeness (QED) is 0.383. The number of rotatable bonds is 6. The van der Waals surface area contributed by atoms with Crippen LogP contribution in [-0.4, -0.2) is 41.2 Å². The monoisotopic (exact) mass is 499 g/mol. The van der Waals surface area contributed by atoms with Crippen molar-refractivity contribution in [2.45, 2.75) is 45.6 Å². The Bertz CT molecular complexity index is 1250. The first kappa shape index (κ1) is 24.7. The highest BCUT2D eigenvalue weighted by Gasteiger charge is 2.35. The number of hydrogen-bond acceptors (Lipinski definition) is 3. The molecule has 36 heavy (non-hydrogen) atoms. The van der Waals surface area contributed by atoms with Crippen molar-refractivity contribution in [3.63, 3.8) is 0 Å². The standard InChI is InChI=1S/C31H34ClN3O/c1-22-12-13-26(18-23(22)2)29-20-30(27-10-6-7-11-28(27)32)35(33-29)31(36)21-34-16-14-25(15-17-34)19-24-8-4-3-5-9-24/h3-13,18,25,30H,14-17,19-21H2,1-2H3. The number of aryl methyl sites for hydroxylation is 2. The van der Waals surface area contributed by atoms with Crippen LogP contribution >= 0.6 is 11.6 Å². The maximum Gasteiger partial charge on any atom is 0.257 e. The minimum absolute atomic E-state index is 0.0419. The van der Waals surface area contributed by atoms with Crippen LogP contribution in [-0.2, 0) is 11.2 Å². The molecule has 2 heterocycles. The molecule has 0 spiro atoms. The highest BCUT2D eigenvalue weighted by Crippen LogP contribution is 2.36. The van der Waals surface area contributed by atoms with E-state index in [2.05, 4.69) is 67.3 Å². The average Bonchev–Trinajstić information content (AvgIpc) is 3.33. The molecule has 1 amide bonds. The lowest BCUT2D eigenvalue weighted by atomic mass is 9.90. The van der Waals surface area contributed by atoms with Crippen molar-refractivity contribution in [1.82, 2.24) is 9.91 Å². The Morgan fingerprint density at radius 3 is 2.39 bits per heavy atom. The van der Waals surface area contributed by atoms with Gasteiger partial charge in [-0.25, -0.2) is 5.01 Å². The van der Waals surface area contributed by atoms with Crippen molar-refractivity contribution < 1.29 is 4.79 Å². The predicted octanol–water partition coefficient (Wildman–Crippen LogP) is 6.59. The summed E-state index contributed by atoms with van der Waals surface area (Å²) >= 11 is 6.59. The van der Waals surface area contributed by atoms with E-state index in [4.69, 9.17) is 16.7 Å². The normalized spacial score (nSPS) is 18.9. The second-order valence-electron chi connectivity index (χ2n) is 10.2. The zero-order valence-corrected chi connectivity index (χ0v) is 21.9. The van der Waals surface area contributed by atoms with Crippen molar-refractivity contribution in [2.75, 3.05) is 19.6 Å². The third-order valence-corrected chi connectivity index (χ3v) is 8.05. The summed E-state index contributed by atoms with van der Waals surface area (Å²) in [6.45, 7) is 6.51. The van der Waals surface area contributed by atoms with Crippen molar-refractivity contribution in [3.05, 3.63) is 106 Å². The number of halogens is 1. The molecule has 3 aromatic carbocycles. The van der Waals surface area contributed by atoms with Gasteiger partial charge in [-0.1, -0.05) is 72.3 Å². The van der Waals surface area contributed by atoms with E-state index in [0.717, 1.165) is 49.2 Å². The Morgan fingerprint density at radius 2 is 1.67 bits per heavy atom. The molecule has 5 heteroatoms. The van der Waals surface area contributed by atoms with Crippen molar-refractivity contribution >= 4 is 23.2 Å². The van der Waals surface area contributed by atoms with E-state index >= 15 is 0 Å². The molecule has 3 aromatic rings. The van der Waals surface area contributed by atoms with E-state index in [9.17, 15) is 4.79 Å². The van der Waals surface area contributed by atoms with Gasteiger partial charge in [0.15, 0.2) is 0 Å². The minimum Gasteiger partial charge on any atom is -0.294 e. The van der Waals surface area contributed by atoms with Gasteiger partial charge in [0.1, 0.15) is 0 Å². The van der Waals surface area contributed by atoms with E-state index in [1.54, 1.807) is 5.01 Å². The van der Waals surface area contributed by atoms with Gasteiger partial charge in [0.25, 0.3) is 5.91 Å². The van der Waals surface area contributed by atoms with E-state index in [0.29, 0.717) is 23.9 Å². The number of piperidine rings is 1. The molecule has 0 aliphatic carbocycles. The number of carbonyl (C=O) groups is 1. The third-order valence-electron chi connectivity index (χ3n) is 7.70. The fourth-order valence-electron chi connectivity index (χ4n) is 5.38. The first-order chi connectivity index (χ1) is 17.5. The number of nitrogens with zero attached hydrogens (tertiary/aromatic N) is 3. The summed E-state index contributed by atoms with van der Waals surface area (Å²) in [6.07, 6.45) is 4.02. The Kier molecular flexibility index (Phi) is 7.54. The smallest absolute Gasteiger partial charge is 0.257 e. The first-order valence-corrected chi connectivity index (χ1v) is 13.3. The maximum absolute atomic E-state index is 13.6. The number of hydrazone groups is 1. The minimum atomic E-state index is -0.182. The van der Waals surface area contributed by atoms with Crippen LogP contribution in [0, 0.1) is 19.8 Å². The third kappa shape index (κ3) is 5.55. The van der Waals surface area contributed by atoms with Gasteiger partial charge in [0.2, 0.25) is 0 Å². The van der Waals surface area contributed by atoms with Gasteiger partial charge in [-0.2, -0.15) is 5.10 Å². The molecular weight excluding hydrogens is 466 g/mol. The summed E-state index contributed by atoms with van der Waals surface area (Å²) in [6, 6.07) is 24.8. The molecule has 1 atom stereocenters. The van der Waals surface area contributed by atoms with Crippen molar-refractivity contribution in [1.29, 1.82) is 0 Å². The summed E-state index contributed by atoms with van der Waals surface area (Å²) in [5, 5.41) is 7.25. The summed E-state index contributed by atoms with van der Waals surface area (Å²) in [5.41, 5.74) is 6.86. The molecule has 4 nitrogen and oxygen atoms in total. The zero-order chi connectivity index (χ0) is 25.1. The van der Waals surface area contributed by atoms with Crippen LogP contribution in [0.5, 0.6) is 0 Å². The van der Waals surface area contributed by atoms with Gasteiger partial charge in [-0.15, -0.1) is 0 Å². The van der Waals surface area contributed by atoms with E-state index in [1.807, 2.05) is 24.3 Å². The van der Waals surface area contributed by atoms with Crippen molar-refractivity contribution in [3.8, 4) is 0 Å². The average molecular weight is 500 g/mol. The van der Waals surface area contributed by atoms with Gasteiger partial charge in [0.05, 0.1) is 18.3 Å². The van der Waals surface area contributed by atoms with Gasteiger partial charge in [0, 0.05) is 11.4 Å². The molecule has 0 bridgehead atoms. The topological polar surface area (TPSA) is 35.9 Å². The molecular formula is C31H34ClN3O. The number of benzene rings is 3. The van der Waals surface area contributed by atoms with E-state index in [-0.39, 0.29) is 11.9 Å². The summed E-state index contributed by atoms with van der Waals surface area (Å²) in [4.78, 5) is 15.9.